The first-order valence-corrected chi connectivity index (χ1v) is 11.0. The molecule has 0 unspecified atom stereocenters. The average molecular weight is 512 g/mol. The van der Waals surface area contributed by atoms with Crippen molar-refractivity contribution in [1.29, 1.82) is 0 Å². The lowest BCUT2D eigenvalue weighted by Gasteiger charge is -2.43. The first-order chi connectivity index (χ1) is 16.8. The van der Waals surface area contributed by atoms with Crippen LogP contribution in [0.3, 0.4) is 0 Å². The third-order valence-electron chi connectivity index (χ3n) is 5.96. The highest BCUT2D eigenvalue weighted by atomic mass is 19.4. The number of nitrogens with zero attached hydrogens (tertiary/aromatic N) is 5. The number of benzene rings is 1. The number of likely N-dealkylation sites (tertiary alicyclic amines) is 1. The Hall–Kier alpha value is -3.64. The van der Waals surface area contributed by atoms with Gasteiger partial charge >= 0.3 is 6.18 Å². The number of nitrogens with one attached hydrogen (secondary N) is 1. The molecule has 36 heavy (non-hydrogen) atoms. The molecule has 1 aliphatic heterocycles. The number of carbonyl (C=O) groups is 1. The molecule has 0 saturated carbocycles. The first kappa shape index (κ1) is 25.5. The van der Waals surface area contributed by atoms with Crippen molar-refractivity contribution in [2.24, 2.45) is 13.0 Å². The van der Waals surface area contributed by atoms with Gasteiger partial charge in [-0.3, -0.25) is 9.48 Å². The Labute approximate surface area is 202 Å². The largest absolute Gasteiger partial charge is 0.434 e. The number of amides is 1. The standard InChI is InChI=1S/C23H22F6N6O/c1-13-7-22(25,26)12-35(17(13)8-31-19-10-30-18(9-32-19)23(27,28)29)21(36)20-16(11-34(2)33-20)14-3-5-15(24)6-4-14/h3-6,9-11,13,17H,7-8,12H2,1-2H3,(H,31,32)/t13-,17-/m1/s1. The van der Waals surface area contributed by atoms with E-state index in [2.05, 4.69) is 20.4 Å². The SMILES string of the molecule is C[C@@H]1CC(F)(F)CN(C(=O)c2nn(C)cc2-c2ccc(F)cc2)[C@@H]1CNc1cnc(C(F)(F)F)cn1. The number of rotatable bonds is 5. The highest BCUT2D eigenvalue weighted by Gasteiger charge is 2.47. The van der Waals surface area contributed by atoms with Crippen molar-refractivity contribution < 1.29 is 31.1 Å². The second-order valence-electron chi connectivity index (χ2n) is 8.78. The summed E-state index contributed by atoms with van der Waals surface area (Å²) in [7, 11) is 1.57. The molecule has 4 rings (SSSR count). The van der Waals surface area contributed by atoms with Crippen LogP contribution in [0.25, 0.3) is 11.1 Å². The Bertz CT molecular complexity index is 1230. The van der Waals surface area contributed by atoms with E-state index in [1.54, 1.807) is 14.0 Å². The van der Waals surface area contributed by atoms with Gasteiger partial charge in [-0.2, -0.15) is 18.3 Å². The van der Waals surface area contributed by atoms with Crippen LogP contribution in [0, 0.1) is 11.7 Å². The molecule has 1 fully saturated rings. The molecule has 0 aliphatic carbocycles. The lowest BCUT2D eigenvalue weighted by molar-refractivity contribution is -0.141. The molecule has 0 bridgehead atoms. The third-order valence-corrected chi connectivity index (χ3v) is 5.96. The lowest BCUT2D eigenvalue weighted by Crippen LogP contribution is -2.57. The number of aryl methyl sites for hydroxylation is 1. The van der Waals surface area contributed by atoms with Gasteiger partial charge in [-0.05, 0) is 23.6 Å². The zero-order valence-electron chi connectivity index (χ0n) is 19.2. The molecular formula is C23H22F6N6O. The minimum Gasteiger partial charge on any atom is -0.367 e. The molecular weight excluding hydrogens is 490 g/mol. The minimum atomic E-state index is -4.65. The lowest BCUT2D eigenvalue weighted by atomic mass is 9.88. The summed E-state index contributed by atoms with van der Waals surface area (Å²) >= 11 is 0. The van der Waals surface area contributed by atoms with Gasteiger partial charge in [0, 0.05) is 31.8 Å². The third kappa shape index (κ3) is 5.44. The molecule has 7 nitrogen and oxygen atoms in total. The average Bonchev–Trinajstić information content (AvgIpc) is 3.19. The number of hydrogen-bond acceptors (Lipinski definition) is 5. The van der Waals surface area contributed by atoms with Crippen LogP contribution in [-0.4, -0.2) is 55.6 Å². The zero-order chi connectivity index (χ0) is 26.3. The number of piperidine rings is 1. The van der Waals surface area contributed by atoms with Crippen LogP contribution in [-0.2, 0) is 13.2 Å². The van der Waals surface area contributed by atoms with Crippen molar-refractivity contribution >= 4 is 11.7 Å². The monoisotopic (exact) mass is 512 g/mol. The zero-order valence-corrected chi connectivity index (χ0v) is 19.2. The minimum absolute atomic E-state index is 0.00442. The van der Waals surface area contributed by atoms with Crippen LogP contribution in [0.1, 0.15) is 29.5 Å². The van der Waals surface area contributed by atoms with Crippen LogP contribution in [0.4, 0.5) is 32.2 Å². The first-order valence-electron chi connectivity index (χ1n) is 11.0. The van der Waals surface area contributed by atoms with Crippen molar-refractivity contribution in [2.45, 2.75) is 31.5 Å². The van der Waals surface area contributed by atoms with Crippen LogP contribution < -0.4 is 5.32 Å². The second kappa shape index (κ2) is 9.43. The number of halogens is 6. The number of aromatic nitrogens is 4. The molecule has 1 aromatic carbocycles. The van der Waals surface area contributed by atoms with Gasteiger partial charge in [0.1, 0.15) is 11.6 Å². The number of hydrogen-bond donors (Lipinski definition) is 1. The van der Waals surface area contributed by atoms with E-state index in [9.17, 15) is 31.1 Å². The van der Waals surface area contributed by atoms with Crippen molar-refractivity contribution in [3.8, 4) is 11.1 Å². The summed E-state index contributed by atoms with van der Waals surface area (Å²) in [6, 6.07) is 4.60. The molecule has 1 aliphatic rings. The second-order valence-corrected chi connectivity index (χ2v) is 8.78. The van der Waals surface area contributed by atoms with Crippen molar-refractivity contribution in [2.75, 3.05) is 18.4 Å². The summed E-state index contributed by atoms with van der Waals surface area (Å²) in [5, 5.41) is 6.98. The number of alkyl halides is 5. The molecule has 0 radical (unpaired) electrons. The van der Waals surface area contributed by atoms with Crippen molar-refractivity contribution in [1.82, 2.24) is 24.6 Å². The molecule has 2 aromatic heterocycles. The highest BCUT2D eigenvalue weighted by molar-refractivity contribution is 5.99. The maximum Gasteiger partial charge on any atom is 0.434 e. The quantitative estimate of drug-likeness (QED) is 0.505. The predicted molar refractivity (Wildman–Crippen MR) is 118 cm³/mol. The Morgan fingerprint density at radius 1 is 1.17 bits per heavy atom. The van der Waals surface area contributed by atoms with E-state index in [1.807, 2.05) is 0 Å². The van der Waals surface area contributed by atoms with Crippen LogP contribution in [0.2, 0.25) is 0 Å². The summed E-state index contributed by atoms with van der Waals surface area (Å²) in [6.07, 6.45) is -2.13. The molecule has 3 heterocycles. The van der Waals surface area contributed by atoms with Crippen LogP contribution in [0.15, 0.2) is 42.9 Å². The summed E-state index contributed by atoms with van der Waals surface area (Å²) in [4.78, 5) is 21.6. The van der Waals surface area contributed by atoms with Gasteiger partial charge in [0.15, 0.2) is 11.4 Å². The normalized spacial score (nSPS) is 19.8. The van der Waals surface area contributed by atoms with E-state index in [1.165, 1.54) is 35.1 Å². The van der Waals surface area contributed by atoms with Gasteiger partial charge in [0.05, 0.1) is 25.0 Å². The summed E-state index contributed by atoms with van der Waals surface area (Å²) in [6.45, 7) is 0.653. The molecule has 192 valence electrons. The molecule has 1 N–H and O–H groups in total. The van der Waals surface area contributed by atoms with Gasteiger partial charge in [-0.1, -0.05) is 19.1 Å². The van der Waals surface area contributed by atoms with Gasteiger partial charge in [-0.15, -0.1) is 0 Å². The van der Waals surface area contributed by atoms with Gasteiger partial charge in [0.2, 0.25) is 0 Å². The summed E-state index contributed by atoms with van der Waals surface area (Å²) < 4.78 is 82.0. The molecule has 0 spiro atoms. The van der Waals surface area contributed by atoms with Crippen LogP contribution in [0.5, 0.6) is 0 Å². The van der Waals surface area contributed by atoms with Gasteiger partial charge in [0.25, 0.3) is 11.8 Å². The number of carbonyl (C=O) groups excluding carboxylic acids is 1. The predicted octanol–water partition coefficient (Wildman–Crippen LogP) is 4.63. The van der Waals surface area contributed by atoms with E-state index in [0.717, 1.165) is 11.1 Å². The Kier molecular flexibility index (Phi) is 6.67. The summed E-state index contributed by atoms with van der Waals surface area (Å²) in [5.41, 5.74) is -0.406. The fourth-order valence-corrected chi connectivity index (χ4v) is 4.28. The maximum atomic E-state index is 14.5. The van der Waals surface area contributed by atoms with Crippen molar-refractivity contribution in [3.05, 3.63) is 60.1 Å². The van der Waals surface area contributed by atoms with E-state index < -0.39 is 54.4 Å². The van der Waals surface area contributed by atoms with E-state index in [4.69, 9.17) is 0 Å². The topological polar surface area (TPSA) is 75.9 Å². The fourth-order valence-electron chi connectivity index (χ4n) is 4.28. The van der Waals surface area contributed by atoms with Gasteiger partial charge in [-0.25, -0.2) is 23.1 Å². The fraction of sp³-hybridized carbons (Fsp3) is 0.391. The van der Waals surface area contributed by atoms with Crippen LogP contribution >= 0.6 is 0 Å². The Morgan fingerprint density at radius 2 is 1.86 bits per heavy atom. The molecule has 13 heteroatoms. The maximum absolute atomic E-state index is 14.5. The van der Waals surface area contributed by atoms with E-state index in [0.29, 0.717) is 17.3 Å². The molecule has 2 atom stereocenters. The van der Waals surface area contributed by atoms with Crippen molar-refractivity contribution in [3.63, 3.8) is 0 Å². The Balaban J connectivity index is 1.60. The van der Waals surface area contributed by atoms with E-state index in [-0.39, 0.29) is 18.1 Å². The Morgan fingerprint density at radius 3 is 2.47 bits per heavy atom. The highest BCUT2D eigenvalue weighted by Crippen LogP contribution is 2.36. The number of anilines is 1. The smallest absolute Gasteiger partial charge is 0.367 e. The molecule has 1 saturated heterocycles. The summed E-state index contributed by atoms with van der Waals surface area (Å²) in [5.74, 6) is -5.02. The molecule has 1 amide bonds. The van der Waals surface area contributed by atoms with E-state index >= 15 is 0 Å². The van der Waals surface area contributed by atoms with Gasteiger partial charge < -0.3 is 10.2 Å². The molecule has 3 aromatic rings.